The van der Waals surface area contributed by atoms with Gasteiger partial charge in [-0.25, -0.2) is 0 Å². The predicted octanol–water partition coefficient (Wildman–Crippen LogP) is 8.63. The van der Waals surface area contributed by atoms with Crippen LogP contribution in [-0.4, -0.2) is 0 Å². The van der Waals surface area contributed by atoms with Gasteiger partial charge in [-0.05, 0) is 30.9 Å². The van der Waals surface area contributed by atoms with Crippen LogP contribution < -0.4 is 0 Å². The zero-order chi connectivity index (χ0) is 16.6. The third-order valence-corrected chi connectivity index (χ3v) is 7.10. The molecule has 0 spiro atoms. The summed E-state index contributed by atoms with van der Waals surface area (Å²) in [7, 11) is 0. The Bertz CT molecular complexity index is 674. The van der Waals surface area contributed by atoms with Crippen molar-refractivity contribution in [3.05, 3.63) is 51.8 Å². The van der Waals surface area contributed by atoms with E-state index in [-0.39, 0.29) is 16.0 Å². The fourth-order valence-electron chi connectivity index (χ4n) is 2.16. The molecule has 1 aromatic rings. The molecule has 1 aromatic carbocycles. The van der Waals surface area contributed by atoms with Crippen LogP contribution in [0.25, 0.3) is 0 Å². The van der Waals surface area contributed by atoms with E-state index in [1.54, 1.807) is 6.07 Å². The first kappa shape index (κ1) is 19.3. The Labute approximate surface area is 168 Å². The first-order chi connectivity index (χ1) is 10.2. The summed E-state index contributed by atoms with van der Waals surface area (Å²) in [5, 5.41) is 2.83. The standard InChI is InChI=1S/C14H8Cl8/c15-7-3-5(9(17)13(21)11(7)19)1-2-6-4-8(16)12(20)14(22)10(6)18/h3,6H,1-2,4H2. The van der Waals surface area contributed by atoms with Crippen LogP contribution in [0.15, 0.2) is 26.2 Å². The molecule has 0 fully saturated rings. The van der Waals surface area contributed by atoms with E-state index in [0.29, 0.717) is 49.4 Å². The zero-order valence-electron chi connectivity index (χ0n) is 10.8. The van der Waals surface area contributed by atoms with Gasteiger partial charge in [0.15, 0.2) is 0 Å². The predicted molar refractivity (Wildman–Crippen MR) is 100 cm³/mol. The van der Waals surface area contributed by atoms with Gasteiger partial charge in [-0.3, -0.25) is 0 Å². The number of benzene rings is 1. The van der Waals surface area contributed by atoms with E-state index in [1.165, 1.54) is 0 Å². The van der Waals surface area contributed by atoms with Crippen molar-refractivity contribution in [1.82, 2.24) is 0 Å². The molecule has 0 N–H and O–H groups in total. The molecule has 0 amide bonds. The number of aryl methyl sites for hydroxylation is 1. The lowest BCUT2D eigenvalue weighted by Gasteiger charge is -2.23. The van der Waals surface area contributed by atoms with E-state index in [9.17, 15) is 0 Å². The highest BCUT2D eigenvalue weighted by molar-refractivity contribution is 6.52. The highest BCUT2D eigenvalue weighted by Gasteiger charge is 2.26. The molecule has 1 aliphatic rings. The third kappa shape index (κ3) is 3.98. The summed E-state index contributed by atoms with van der Waals surface area (Å²) in [4.78, 5) is 0. The maximum absolute atomic E-state index is 6.25. The maximum Gasteiger partial charge on any atom is 0.0796 e. The fourth-order valence-corrected chi connectivity index (χ4v) is 4.21. The normalized spacial score (nSPS) is 19.2. The molecule has 1 aliphatic carbocycles. The van der Waals surface area contributed by atoms with Crippen molar-refractivity contribution in [2.24, 2.45) is 5.92 Å². The van der Waals surface area contributed by atoms with Crippen LogP contribution in [0, 0.1) is 5.92 Å². The summed E-state index contributed by atoms with van der Waals surface area (Å²) in [6.45, 7) is 0. The minimum absolute atomic E-state index is 0.0338. The average Bonchev–Trinajstić information content (AvgIpc) is 2.49. The van der Waals surface area contributed by atoms with Gasteiger partial charge in [0.1, 0.15) is 0 Å². The Balaban J connectivity index is 2.19. The van der Waals surface area contributed by atoms with Gasteiger partial charge < -0.3 is 0 Å². The summed E-state index contributed by atoms with van der Waals surface area (Å²) in [6, 6.07) is 1.70. The van der Waals surface area contributed by atoms with Gasteiger partial charge >= 0.3 is 0 Å². The number of halogens is 8. The van der Waals surface area contributed by atoms with Crippen molar-refractivity contribution in [3.8, 4) is 0 Å². The molecular formula is C14H8Cl8. The monoisotopic (exact) mass is 456 g/mol. The third-order valence-electron chi connectivity index (χ3n) is 3.36. The molecule has 1 unspecified atom stereocenters. The minimum atomic E-state index is -0.0338. The lowest BCUT2D eigenvalue weighted by Crippen LogP contribution is -2.09. The van der Waals surface area contributed by atoms with Crippen LogP contribution in [-0.2, 0) is 6.42 Å². The molecule has 0 bridgehead atoms. The minimum Gasteiger partial charge on any atom is -0.0875 e. The molecule has 22 heavy (non-hydrogen) atoms. The van der Waals surface area contributed by atoms with Gasteiger partial charge in [0, 0.05) is 16.0 Å². The van der Waals surface area contributed by atoms with Crippen molar-refractivity contribution in [3.63, 3.8) is 0 Å². The number of rotatable bonds is 3. The highest BCUT2D eigenvalue weighted by atomic mass is 35.5. The molecule has 1 atom stereocenters. The van der Waals surface area contributed by atoms with E-state index in [2.05, 4.69) is 0 Å². The van der Waals surface area contributed by atoms with E-state index >= 15 is 0 Å². The Morgan fingerprint density at radius 2 is 1.45 bits per heavy atom. The van der Waals surface area contributed by atoms with Crippen molar-refractivity contribution in [1.29, 1.82) is 0 Å². The number of hydrogen-bond donors (Lipinski definition) is 0. The average molecular weight is 460 g/mol. The molecule has 0 aliphatic heterocycles. The first-order valence-corrected chi connectivity index (χ1v) is 9.18. The van der Waals surface area contributed by atoms with Crippen molar-refractivity contribution in [2.45, 2.75) is 19.3 Å². The Kier molecular flexibility index (Phi) is 6.98. The van der Waals surface area contributed by atoms with Gasteiger partial charge in [0.2, 0.25) is 0 Å². The van der Waals surface area contributed by atoms with E-state index in [4.69, 9.17) is 92.8 Å². The Hall–Kier alpha value is 1.02. The molecule has 0 heterocycles. The van der Waals surface area contributed by atoms with E-state index < -0.39 is 0 Å². The molecular weight excluding hydrogens is 452 g/mol. The van der Waals surface area contributed by atoms with Gasteiger partial charge in [-0.15, -0.1) is 0 Å². The second-order valence-electron chi connectivity index (χ2n) is 4.78. The molecule has 0 aromatic heterocycles. The van der Waals surface area contributed by atoms with Crippen LogP contribution in [0.5, 0.6) is 0 Å². The second-order valence-corrected chi connectivity index (χ2v) is 7.94. The topological polar surface area (TPSA) is 0 Å². The van der Waals surface area contributed by atoms with E-state index in [0.717, 1.165) is 5.56 Å². The van der Waals surface area contributed by atoms with Crippen LogP contribution in [0.3, 0.4) is 0 Å². The van der Waals surface area contributed by atoms with Crippen LogP contribution in [0.2, 0.25) is 20.1 Å². The summed E-state index contributed by atoms with van der Waals surface area (Å²) in [6.07, 6.45) is 1.80. The lowest BCUT2D eigenvalue weighted by molar-refractivity contribution is 0.577. The summed E-state index contributed by atoms with van der Waals surface area (Å²) in [5.74, 6) is -0.0338. The van der Waals surface area contributed by atoms with Gasteiger partial charge in [-0.1, -0.05) is 92.8 Å². The fraction of sp³-hybridized carbons (Fsp3) is 0.286. The molecule has 2 rings (SSSR count). The zero-order valence-corrected chi connectivity index (χ0v) is 16.8. The van der Waals surface area contributed by atoms with Crippen LogP contribution in [0.1, 0.15) is 18.4 Å². The van der Waals surface area contributed by atoms with Crippen molar-refractivity contribution < 1.29 is 0 Å². The molecule has 0 radical (unpaired) electrons. The summed E-state index contributed by atoms with van der Waals surface area (Å²) >= 11 is 48.6. The first-order valence-electron chi connectivity index (χ1n) is 6.15. The van der Waals surface area contributed by atoms with Crippen molar-refractivity contribution in [2.75, 3.05) is 0 Å². The number of allylic oxidation sites excluding steroid dienone is 4. The van der Waals surface area contributed by atoms with Gasteiger partial charge in [-0.2, -0.15) is 0 Å². The van der Waals surface area contributed by atoms with Crippen LogP contribution >= 0.6 is 92.8 Å². The molecule has 120 valence electrons. The summed E-state index contributed by atoms with van der Waals surface area (Å²) in [5.41, 5.74) is 0.790. The second kappa shape index (κ2) is 7.93. The summed E-state index contributed by atoms with van der Waals surface area (Å²) < 4.78 is 0. The van der Waals surface area contributed by atoms with E-state index in [1.807, 2.05) is 0 Å². The van der Waals surface area contributed by atoms with Gasteiger partial charge in [0.05, 0.1) is 30.2 Å². The maximum atomic E-state index is 6.25. The molecule has 0 saturated carbocycles. The molecule has 0 nitrogen and oxygen atoms in total. The van der Waals surface area contributed by atoms with Gasteiger partial charge in [0.25, 0.3) is 0 Å². The Morgan fingerprint density at radius 1 is 0.818 bits per heavy atom. The largest absolute Gasteiger partial charge is 0.0875 e. The highest BCUT2D eigenvalue weighted by Crippen LogP contribution is 2.44. The lowest BCUT2D eigenvalue weighted by atomic mass is 9.93. The quantitative estimate of drug-likeness (QED) is 0.313. The number of hydrogen-bond acceptors (Lipinski definition) is 0. The molecule has 8 heteroatoms. The Morgan fingerprint density at radius 3 is 2.09 bits per heavy atom. The molecule has 0 saturated heterocycles. The van der Waals surface area contributed by atoms with Crippen LogP contribution in [0.4, 0.5) is 0 Å². The van der Waals surface area contributed by atoms with Crippen molar-refractivity contribution >= 4 is 92.8 Å². The smallest absolute Gasteiger partial charge is 0.0796 e. The SMILES string of the molecule is ClC1=C(Cl)C(Cl)=C(Cl)C(CCc2cc(Cl)c(Cl)c(Cl)c2Cl)C1.